The lowest BCUT2D eigenvalue weighted by atomic mass is 10.1. The van der Waals surface area contributed by atoms with Crippen molar-refractivity contribution in [1.29, 1.82) is 0 Å². The molecule has 3 N–H and O–H groups in total. The van der Waals surface area contributed by atoms with E-state index in [9.17, 15) is 9.59 Å². The van der Waals surface area contributed by atoms with Gasteiger partial charge in [0, 0.05) is 16.3 Å². The zero-order chi connectivity index (χ0) is 11.4. The van der Waals surface area contributed by atoms with Gasteiger partial charge in [-0.25, -0.2) is 4.79 Å². The van der Waals surface area contributed by atoms with Crippen LogP contribution in [0.2, 0.25) is 0 Å². The Hall–Kier alpha value is -1.40. The molecule has 0 saturated heterocycles. The number of ether oxygens (including phenoxy) is 1. The second-order valence-electron chi connectivity index (χ2n) is 2.93. The van der Waals surface area contributed by atoms with Gasteiger partial charge in [-0.1, -0.05) is 0 Å². The molecule has 0 amide bonds. The van der Waals surface area contributed by atoms with E-state index in [1.807, 2.05) is 0 Å². The number of aliphatic carboxylic acids is 1. The van der Waals surface area contributed by atoms with Crippen molar-refractivity contribution in [2.75, 3.05) is 7.11 Å². The molecule has 1 aromatic heterocycles. The van der Waals surface area contributed by atoms with Crippen molar-refractivity contribution in [3.8, 4) is 0 Å². The Bertz CT molecular complexity index is 374. The number of hydrogen-bond acceptors (Lipinski definition) is 5. The van der Waals surface area contributed by atoms with Crippen LogP contribution in [0.25, 0.3) is 0 Å². The van der Waals surface area contributed by atoms with Crippen LogP contribution in [0.15, 0.2) is 11.4 Å². The van der Waals surface area contributed by atoms with Gasteiger partial charge in [0.25, 0.3) is 0 Å². The molecule has 0 fully saturated rings. The summed E-state index contributed by atoms with van der Waals surface area (Å²) in [6, 6.07) is 0.982. The Labute approximate surface area is 90.5 Å². The number of thiophene rings is 1. The minimum Gasteiger partial charge on any atom is -0.481 e. The van der Waals surface area contributed by atoms with Gasteiger partial charge in [0.05, 0.1) is 19.1 Å². The highest BCUT2D eigenvalue weighted by molar-refractivity contribution is 7.10. The van der Waals surface area contributed by atoms with E-state index in [-0.39, 0.29) is 6.42 Å². The number of hydrogen-bond donors (Lipinski definition) is 2. The number of rotatable bonds is 4. The average Bonchev–Trinajstić information content (AvgIpc) is 2.64. The summed E-state index contributed by atoms with van der Waals surface area (Å²) >= 11 is 1.25. The number of methoxy groups -OCH3 is 1. The molecule has 15 heavy (non-hydrogen) atoms. The standard InChI is InChI=1S/C9H11NO4S/c1-14-9(13)5-2-7(15-4-5)6(10)3-8(11)12/h2,4,6H,3,10H2,1H3,(H,11,12). The summed E-state index contributed by atoms with van der Waals surface area (Å²) in [6.07, 6.45) is -0.152. The Balaban J connectivity index is 2.75. The van der Waals surface area contributed by atoms with Crippen LogP contribution in [0.3, 0.4) is 0 Å². The molecule has 0 aliphatic rings. The molecule has 82 valence electrons. The lowest BCUT2D eigenvalue weighted by Gasteiger charge is -2.04. The van der Waals surface area contributed by atoms with E-state index in [1.54, 1.807) is 11.4 Å². The van der Waals surface area contributed by atoms with Crippen LogP contribution in [0.4, 0.5) is 0 Å². The predicted molar refractivity (Wildman–Crippen MR) is 54.8 cm³/mol. The van der Waals surface area contributed by atoms with E-state index < -0.39 is 18.0 Å². The normalized spacial score (nSPS) is 12.1. The van der Waals surface area contributed by atoms with E-state index >= 15 is 0 Å². The molecule has 0 aliphatic carbocycles. The van der Waals surface area contributed by atoms with Gasteiger partial charge in [0.15, 0.2) is 0 Å². The first-order valence-electron chi connectivity index (χ1n) is 4.18. The molecule has 1 rings (SSSR count). The summed E-state index contributed by atoms with van der Waals surface area (Å²) < 4.78 is 4.52. The van der Waals surface area contributed by atoms with Crippen LogP contribution in [-0.4, -0.2) is 24.2 Å². The van der Waals surface area contributed by atoms with Crippen molar-refractivity contribution in [3.63, 3.8) is 0 Å². The number of carbonyl (C=O) groups is 2. The molecular formula is C9H11NO4S. The third-order valence-corrected chi connectivity index (χ3v) is 2.87. The summed E-state index contributed by atoms with van der Waals surface area (Å²) in [6.45, 7) is 0. The van der Waals surface area contributed by atoms with Gasteiger partial charge in [0.1, 0.15) is 0 Å². The Morgan fingerprint density at radius 2 is 2.33 bits per heavy atom. The van der Waals surface area contributed by atoms with Gasteiger partial charge in [-0.05, 0) is 6.07 Å². The molecule has 0 bridgehead atoms. The first-order chi connectivity index (χ1) is 7.04. The minimum absolute atomic E-state index is 0.152. The van der Waals surface area contributed by atoms with Crippen molar-refractivity contribution in [1.82, 2.24) is 0 Å². The number of esters is 1. The summed E-state index contributed by atoms with van der Waals surface area (Å²) in [7, 11) is 1.29. The van der Waals surface area contributed by atoms with Gasteiger partial charge >= 0.3 is 11.9 Å². The fraction of sp³-hybridized carbons (Fsp3) is 0.333. The largest absolute Gasteiger partial charge is 0.481 e. The highest BCUT2D eigenvalue weighted by atomic mass is 32.1. The number of nitrogens with two attached hydrogens (primary N) is 1. The van der Waals surface area contributed by atoms with Crippen molar-refractivity contribution >= 4 is 23.3 Å². The Morgan fingerprint density at radius 3 is 2.87 bits per heavy atom. The van der Waals surface area contributed by atoms with Crippen molar-refractivity contribution in [2.24, 2.45) is 5.73 Å². The summed E-state index contributed by atoms with van der Waals surface area (Å²) in [4.78, 5) is 22.2. The van der Waals surface area contributed by atoms with Crippen LogP contribution in [-0.2, 0) is 9.53 Å². The smallest absolute Gasteiger partial charge is 0.338 e. The number of carbonyl (C=O) groups excluding carboxylic acids is 1. The second kappa shape index (κ2) is 4.90. The minimum atomic E-state index is -0.962. The lowest BCUT2D eigenvalue weighted by molar-refractivity contribution is -0.137. The molecule has 0 spiro atoms. The van der Waals surface area contributed by atoms with Crippen LogP contribution < -0.4 is 5.73 Å². The summed E-state index contributed by atoms with van der Waals surface area (Å²) in [5.74, 6) is -1.41. The number of carboxylic acids is 1. The van der Waals surface area contributed by atoms with Gasteiger partial charge in [-0.15, -0.1) is 11.3 Å². The second-order valence-corrected chi connectivity index (χ2v) is 3.88. The topological polar surface area (TPSA) is 89.6 Å². The monoisotopic (exact) mass is 229 g/mol. The molecule has 0 radical (unpaired) electrons. The molecule has 1 aromatic rings. The van der Waals surface area contributed by atoms with E-state index in [2.05, 4.69) is 4.74 Å². The highest BCUT2D eigenvalue weighted by Crippen LogP contribution is 2.23. The third kappa shape index (κ3) is 3.03. The van der Waals surface area contributed by atoms with Crippen molar-refractivity contribution in [2.45, 2.75) is 12.5 Å². The van der Waals surface area contributed by atoms with E-state index in [0.29, 0.717) is 10.4 Å². The Morgan fingerprint density at radius 1 is 1.67 bits per heavy atom. The van der Waals surface area contributed by atoms with Crippen LogP contribution in [0, 0.1) is 0 Å². The zero-order valence-corrected chi connectivity index (χ0v) is 8.91. The van der Waals surface area contributed by atoms with Crippen molar-refractivity contribution in [3.05, 3.63) is 21.9 Å². The first-order valence-corrected chi connectivity index (χ1v) is 5.06. The van der Waals surface area contributed by atoms with Crippen LogP contribution in [0.1, 0.15) is 27.7 Å². The van der Waals surface area contributed by atoms with Gasteiger partial charge in [-0.2, -0.15) is 0 Å². The molecule has 0 saturated carbocycles. The lowest BCUT2D eigenvalue weighted by Crippen LogP contribution is -2.13. The maximum absolute atomic E-state index is 11.1. The SMILES string of the molecule is COC(=O)c1csc(C(N)CC(=O)O)c1. The maximum Gasteiger partial charge on any atom is 0.338 e. The average molecular weight is 229 g/mol. The van der Waals surface area contributed by atoms with Crippen LogP contribution in [0.5, 0.6) is 0 Å². The molecule has 5 nitrogen and oxygen atoms in total. The zero-order valence-electron chi connectivity index (χ0n) is 8.10. The van der Waals surface area contributed by atoms with E-state index in [0.717, 1.165) is 0 Å². The molecule has 0 aliphatic heterocycles. The maximum atomic E-state index is 11.1. The number of carboxylic acid groups (broad SMARTS) is 1. The van der Waals surface area contributed by atoms with Gasteiger partial charge < -0.3 is 15.6 Å². The highest BCUT2D eigenvalue weighted by Gasteiger charge is 2.15. The Kier molecular flexibility index (Phi) is 3.81. The summed E-state index contributed by atoms with van der Waals surface area (Å²) in [5, 5.41) is 10.1. The molecule has 1 atom stereocenters. The van der Waals surface area contributed by atoms with E-state index in [1.165, 1.54) is 18.4 Å². The molecule has 6 heteroatoms. The first kappa shape index (κ1) is 11.7. The predicted octanol–water partition coefficient (Wildman–Crippen LogP) is 1.01. The van der Waals surface area contributed by atoms with Gasteiger partial charge in [-0.3, -0.25) is 4.79 Å². The summed E-state index contributed by atoms with van der Waals surface area (Å²) in [5.41, 5.74) is 6.03. The van der Waals surface area contributed by atoms with Gasteiger partial charge in [0.2, 0.25) is 0 Å². The molecule has 1 heterocycles. The molecule has 0 aromatic carbocycles. The fourth-order valence-electron chi connectivity index (χ4n) is 1.06. The van der Waals surface area contributed by atoms with Crippen LogP contribution >= 0.6 is 11.3 Å². The van der Waals surface area contributed by atoms with Crippen molar-refractivity contribution < 1.29 is 19.4 Å². The fourth-order valence-corrected chi connectivity index (χ4v) is 1.94. The quantitative estimate of drug-likeness (QED) is 0.752. The molecule has 1 unspecified atom stereocenters. The third-order valence-electron chi connectivity index (χ3n) is 1.80. The molecular weight excluding hydrogens is 218 g/mol. The van der Waals surface area contributed by atoms with E-state index in [4.69, 9.17) is 10.8 Å².